The molecule has 1 aliphatic heterocycles. The summed E-state index contributed by atoms with van der Waals surface area (Å²) >= 11 is 0. The van der Waals surface area contributed by atoms with E-state index in [9.17, 15) is 0 Å². The number of nitrogens with two attached hydrogens (primary N) is 1. The van der Waals surface area contributed by atoms with Crippen LogP contribution in [0.5, 0.6) is 0 Å². The summed E-state index contributed by atoms with van der Waals surface area (Å²) in [5.74, 6) is 0. The molecule has 1 aromatic rings. The lowest BCUT2D eigenvalue weighted by Gasteiger charge is -2.27. The van der Waals surface area contributed by atoms with E-state index in [0.717, 1.165) is 12.1 Å². The molecule has 6 nitrogen and oxygen atoms in total. The average Bonchev–Trinajstić information content (AvgIpc) is 2.98. The summed E-state index contributed by atoms with van der Waals surface area (Å²) in [6, 6.07) is -0.409. The molecule has 0 saturated carbocycles. The van der Waals surface area contributed by atoms with Crippen molar-refractivity contribution in [2.45, 2.75) is 24.6 Å². The lowest BCUT2D eigenvalue weighted by molar-refractivity contribution is -0.0302. The van der Waals surface area contributed by atoms with Crippen LogP contribution >= 0.6 is 0 Å². The van der Waals surface area contributed by atoms with Gasteiger partial charge in [0.05, 0.1) is 37.8 Å². The molecule has 1 aromatic heterocycles. The van der Waals surface area contributed by atoms with E-state index >= 15 is 0 Å². The number of ether oxygens (including phenoxy) is 2. The highest BCUT2D eigenvalue weighted by molar-refractivity contribution is 5.06. The Labute approximate surface area is 100 Å². The van der Waals surface area contributed by atoms with Gasteiger partial charge < -0.3 is 24.9 Å². The zero-order chi connectivity index (χ0) is 12.3. The molecule has 17 heavy (non-hydrogen) atoms. The van der Waals surface area contributed by atoms with E-state index in [1.165, 1.54) is 0 Å². The largest absolute Gasteiger partial charge is 0.394 e. The van der Waals surface area contributed by atoms with Gasteiger partial charge in [-0.3, -0.25) is 0 Å². The molecule has 0 bridgehead atoms. The van der Waals surface area contributed by atoms with Gasteiger partial charge in [-0.05, 0) is 0 Å². The average molecular weight is 241 g/mol. The van der Waals surface area contributed by atoms with Gasteiger partial charge in [-0.15, -0.1) is 0 Å². The SMILES string of the molecule is COC1(Cn2cncc2C(N)CO)CCOC1. The van der Waals surface area contributed by atoms with Crippen LogP contribution in [-0.4, -0.2) is 47.2 Å². The summed E-state index contributed by atoms with van der Waals surface area (Å²) in [4.78, 5) is 4.07. The van der Waals surface area contributed by atoms with E-state index < -0.39 is 6.04 Å². The number of nitrogens with zero attached hydrogens (tertiary/aromatic N) is 2. The molecular weight excluding hydrogens is 222 g/mol. The van der Waals surface area contributed by atoms with Crippen LogP contribution in [0, 0.1) is 0 Å². The quantitative estimate of drug-likeness (QED) is 0.738. The third-order valence-corrected chi connectivity index (χ3v) is 3.28. The van der Waals surface area contributed by atoms with Gasteiger partial charge in [-0.2, -0.15) is 0 Å². The zero-order valence-electron chi connectivity index (χ0n) is 10.0. The van der Waals surface area contributed by atoms with E-state index in [-0.39, 0.29) is 12.2 Å². The number of hydrogen-bond acceptors (Lipinski definition) is 5. The van der Waals surface area contributed by atoms with Crippen molar-refractivity contribution in [1.82, 2.24) is 9.55 Å². The van der Waals surface area contributed by atoms with Crippen molar-refractivity contribution < 1.29 is 14.6 Å². The molecule has 2 rings (SSSR count). The Morgan fingerprint density at radius 1 is 1.76 bits per heavy atom. The lowest BCUT2D eigenvalue weighted by Crippen LogP contribution is -2.38. The van der Waals surface area contributed by atoms with Crippen molar-refractivity contribution in [2.75, 3.05) is 26.9 Å². The fourth-order valence-corrected chi connectivity index (χ4v) is 2.11. The van der Waals surface area contributed by atoms with Crippen LogP contribution in [0.15, 0.2) is 12.5 Å². The molecular formula is C11H19N3O3. The van der Waals surface area contributed by atoms with Gasteiger partial charge in [0.2, 0.25) is 0 Å². The maximum Gasteiger partial charge on any atom is 0.111 e. The van der Waals surface area contributed by atoms with Crippen LogP contribution in [0.1, 0.15) is 18.2 Å². The number of hydrogen-bond donors (Lipinski definition) is 2. The fourth-order valence-electron chi connectivity index (χ4n) is 2.11. The van der Waals surface area contributed by atoms with Crippen molar-refractivity contribution in [3.05, 3.63) is 18.2 Å². The summed E-state index contributed by atoms with van der Waals surface area (Å²) in [5.41, 5.74) is 6.33. The minimum Gasteiger partial charge on any atom is -0.394 e. The minimum absolute atomic E-state index is 0.0951. The van der Waals surface area contributed by atoms with E-state index in [1.807, 2.05) is 4.57 Å². The number of aliphatic hydroxyl groups excluding tert-OH is 1. The van der Waals surface area contributed by atoms with Crippen LogP contribution < -0.4 is 5.73 Å². The maximum absolute atomic E-state index is 9.09. The number of rotatable bonds is 5. The standard InChI is InChI=1S/C11H19N3O3/c1-16-11(2-3-17-7-11)6-14-8-13-4-10(14)9(12)5-15/h4,8-9,15H,2-3,5-7,12H2,1H3. The van der Waals surface area contributed by atoms with Crippen LogP contribution in [0.25, 0.3) is 0 Å². The Hall–Kier alpha value is -0.950. The fraction of sp³-hybridized carbons (Fsp3) is 0.727. The first-order valence-electron chi connectivity index (χ1n) is 5.70. The molecule has 0 aromatic carbocycles. The molecule has 3 N–H and O–H groups in total. The maximum atomic E-state index is 9.09. The van der Waals surface area contributed by atoms with Crippen molar-refractivity contribution in [2.24, 2.45) is 5.73 Å². The summed E-state index contributed by atoms with van der Waals surface area (Å²) in [7, 11) is 1.69. The lowest BCUT2D eigenvalue weighted by atomic mass is 10.0. The third-order valence-electron chi connectivity index (χ3n) is 3.28. The smallest absolute Gasteiger partial charge is 0.111 e. The predicted octanol–water partition coefficient (Wildman–Crippen LogP) is -0.319. The number of aliphatic hydroxyl groups is 1. The van der Waals surface area contributed by atoms with Crippen LogP contribution in [0.2, 0.25) is 0 Å². The summed E-state index contributed by atoms with van der Waals surface area (Å²) in [5, 5.41) is 9.09. The summed E-state index contributed by atoms with van der Waals surface area (Å²) in [6.45, 7) is 1.84. The molecule has 0 spiro atoms. The van der Waals surface area contributed by atoms with Gasteiger partial charge >= 0.3 is 0 Å². The second-order valence-electron chi connectivity index (χ2n) is 4.43. The highest BCUT2D eigenvalue weighted by Gasteiger charge is 2.36. The summed E-state index contributed by atoms with van der Waals surface area (Å²) < 4.78 is 12.9. The molecule has 1 saturated heterocycles. The highest BCUT2D eigenvalue weighted by atomic mass is 16.5. The molecule has 96 valence electrons. The summed E-state index contributed by atoms with van der Waals surface area (Å²) in [6.07, 6.45) is 4.25. The molecule has 0 radical (unpaired) electrons. The van der Waals surface area contributed by atoms with Crippen molar-refractivity contribution in [1.29, 1.82) is 0 Å². The number of imidazole rings is 1. The van der Waals surface area contributed by atoms with Crippen molar-refractivity contribution >= 4 is 0 Å². The monoisotopic (exact) mass is 241 g/mol. The first-order valence-corrected chi connectivity index (χ1v) is 5.70. The minimum atomic E-state index is -0.409. The molecule has 2 unspecified atom stereocenters. The molecule has 1 aliphatic rings. The van der Waals surface area contributed by atoms with Gasteiger partial charge in [0, 0.05) is 26.3 Å². The Kier molecular flexibility index (Phi) is 3.78. The number of methoxy groups -OCH3 is 1. The van der Waals surface area contributed by atoms with Gasteiger partial charge in [-0.25, -0.2) is 4.98 Å². The van der Waals surface area contributed by atoms with E-state index in [0.29, 0.717) is 19.8 Å². The van der Waals surface area contributed by atoms with Crippen molar-refractivity contribution in [3.8, 4) is 0 Å². The second-order valence-corrected chi connectivity index (χ2v) is 4.43. The van der Waals surface area contributed by atoms with Gasteiger partial charge in [0.15, 0.2) is 0 Å². The van der Waals surface area contributed by atoms with Gasteiger partial charge in [-0.1, -0.05) is 0 Å². The Bertz CT molecular complexity index is 361. The first kappa shape index (κ1) is 12.5. The van der Waals surface area contributed by atoms with Crippen LogP contribution in [0.3, 0.4) is 0 Å². The Morgan fingerprint density at radius 3 is 3.18 bits per heavy atom. The molecule has 2 atom stereocenters. The molecule has 6 heteroatoms. The molecule has 0 amide bonds. The van der Waals surface area contributed by atoms with E-state index in [2.05, 4.69) is 4.98 Å². The Balaban J connectivity index is 2.15. The molecule has 1 fully saturated rings. The Morgan fingerprint density at radius 2 is 2.59 bits per heavy atom. The zero-order valence-corrected chi connectivity index (χ0v) is 10.0. The second kappa shape index (κ2) is 5.14. The van der Waals surface area contributed by atoms with Crippen LogP contribution in [-0.2, 0) is 16.0 Å². The van der Waals surface area contributed by atoms with Crippen LogP contribution in [0.4, 0.5) is 0 Å². The first-order chi connectivity index (χ1) is 8.21. The van der Waals surface area contributed by atoms with Crippen molar-refractivity contribution in [3.63, 3.8) is 0 Å². The topological polar surface area (TPSA) is 82.5 Å². The molecule has 2 heterocycles. The van der Waals surface area contributed by atoms with E-state index in [1.54, 1.807) is 19.6 Å². The molecule has 0 aliphatic carbocycles. The van der Waals surface area contributed by atoms with Gasteiger partial charge in [0.25, 0.3) is 0 Å². The normalized spacial score (nSPS) is 26.3. The number of aromatic nitrogens is 2. The predicted molar refractivity (Wildman–Crippen MR) is 61.4 cm³/mol. The van der Waals surface area contributed by atoms with Gasteiger partial charge in [0.1, 0.15) is 5.60 Å². The van der Waals surface area contributed by atoms with E-state index in [4.69, 9.17) is 20.3 Å². The third kappa shape index (κ3) is 2.50. The highest BCUT2D eigenvalue weighted by Crippen LogP contribution is 2.25.